The summed E-state index contributed by atoms with van der Waals surface area (Å²) in [4.78, 5) is 25.5. The van der Waals surface area contributed by atoms with Gasteiger partial charge in [0.15, 0.2) is 22.8 Å². The molecule has 1 unspecified atom stereocenters. The van der Waals surface area contributed by atoms with Crippen molar-refractivity contribution in [1.82, 2.24) is 4.90 Å². The van der Waals surface area contributed by atoms with E-state index in [1.807, 2.05) is 0 Å². The number of ketones is 1. The van der Waals surface area contributed by atoms with Crippen molar-refractivity contribution in [1.29, 1.82) is 0 Å². The summed E-state index contributed by atoms with van der Waals surface area (Å²) in [6.07, 6.45) is -0.0757. The fourth-order valence-electron chi connectivity index (χ4n) is 2.98. The summed E-state index contributed by atoms with van der Waals surface area (Å²) in [6, 6.07) is 3.53. The number of hydrogen-bond donors (Lipinski definition) is 0. The minimum Gasteiger partial charge on any atom is -0.486 e. The quantitative estimate of drug-likeness (QED) is 0.634. The molecule has 6 heteroatoms. The van der Waals surface area contributed by atoms with Gasteiger partial charge in [0.1, 0.15) is 6.61 Å². The van der Waals surface area contributed by atoms with E-state index in [0.717, 1.165) is 0 Å². The van der Waals surface area contributed by atoms with Crippen LogP contribution in [0.2, 0.25) is 0 Å². The van der Waals surface area contributed by atoms with Crippen LogP contribution in [0.25, 0.3) is 0 Å². The number of likely N-dealkylation sites (tertiary alicyclic amines) is 1. The molecular formula is C13H11NO5. The second-order valence-corrected chi connectivity index (χ2v) is 4.88. The predicted molar refractivity (Wildman–Crippen MR) is 62.1 cm³/mol. The molecule has 3 aliphatic rings. The van der Waals surface area contributed by atoms with E-state index in [9.17, 15) is 9.59 Å². The zero-order valence-electron chi connectivity index (χ0n) is 10.3. The van der Waals surface area contributed by atoms with Crippen molar-refractivity contribution < 1.29 is 23.8 Å². The summed E-state index contributed by atoms with van der Waals surface area (Å²) in [7, 11) is 1.64. The largest absolute Gasteiger partial charge is 0.486 e. The Morgan fingerprint density at radius 3 is 2.74 bits per heavy atom. The minimum absolute atomic E-state index is 0.0757. The van der Waals surface area contributed by atoms with Crippen LogP contribution in [0, 0.1) is 0 Å². The Labute approximate surface area is 108 Å². The van der Waals surface area contributed by atoms with E-state index < -0.39 is 5.54 Å². The number of hydrogen-bond acceptors (Lipinski definition) is 5. The maximum Gasteiger partial charge on any atom is 0.231 e. The Kier molecular flexibility index (Phi) is 1.80. The number of amides is 1. The molecule has 1 atom stereocenters. The first-order valence-corrected chi connectivity index (χ1v) is 6.00. The molecule has 6 nitrogen and oxygen atoms in total. The van der Waals surface area contributed by atoms with Gasteiger partial charge in [0.25, 0.3) is 0 Å². The van der Waals surface area contributed by atoms with E-state index in [-0.39, 0.29) is 31.5 Å². The third-order valence-electron chi connectivity index (χ3n) is 4.08. The van der Waals surface area contributed by atoms with E-state index in [2.05, 4.69) is 0 Å². The van der Waals surface area contributed by atoms with Crippen molar-refractivity contribution in [3.8, 4) is 17.2 Å². The average Bonchev–Trinajstić information content (AvgIpc) is 3.05. The van der Waals surface area contributed by atoms with Crippen LogP contribution < -0.4 is 14.2 Å². The topological polar surface area (TPSA) is 65.1 Å². The highest BCUT2D eigenvalue weighted by Crippen LogP contribution is 2.53. The second kappa shape index (κ2) is 3.20. The normalized spacial score (nSPS) is 27.1. The number of ether oxygens (including phenoxy) is 3. The molecule has 4 rings (SSSR count). The monoisotopic (exact) mass is 261 g/mol. The van der Waals surface area contributed by atoms with Crippen LogP contribution >= 0.6 is 0 Å². The molecule has 1 aromatic carbocycles. The predicted octanol–water partition coefficient (Wildman–Crippen LogP) is 0.434. The molecule has 3 aliphatic heterocycles. The lowest BCUT2D eigenvalue weighted by Gasteiger charge is -2.28. The van der Waals surface area contributed by atoms with Gasteiger partial charge in [-0.3, -0.25) is 9.59 Å². The van der Waals surface area contributed by atoms with Gasteiger partial charge in [-0.25, -0.2) is 0 Å². The first-order valence-electron chi connectivity index (χ1n) is 6.00. The van der Waals surface area contributed by atoms with Gasteiger partial charge in [-0.1, -0.05) is 0 Å². The van der Waals surface area contributed by atoms with Crippen LogP contribution in [-0.4, -0.2) is 37.0 Å². The zero-order chi connectivity index (χ0) is 13.2. The number of carbonyl (C=O) groups excluding carboxylic acids is 2. The summed E-state index contributed by atoms with van der Waals surface area (Å²) in [5.74, 6) is 1.34. The third-order valence-corrected chi connectivity index (χ3v) is 4.08. The van der Waals surface area contributed by atoms with E-state index in [4.69, 9.17) is 14.2 Å². The Morgan fingerprint density at radius 1 is 1.16 bits per heavy atom. The molecule has 1 amide bonds. The molecule has 0 radical (unpaired) electrons. The van der Waals surface area contributed by atoms with Gasteiger partial charge in [-0.2, -0.15) is 0 Å². The summed E-state index contributed by atoms with van der Waals surface area (Å²) in [6.45, 7) is 0.286. The second-order valence-electron chi connectivity index (χ2n) is 4.88. The van der Waals surface area contributed by atoms with Crippen LogP contribution in [0.3, 0.4) is 0 Å². The number of Topliss-reactive ketones (excluding diaryl/α,β-unsaturated/α-hetero) is 1. The van der Waals surface area contributed by atoms with Crippen LogP contribution in [0.5, 0.6) is 17.2 Å². The van der Waals surface area contributed by atoms with Crippen molar-refractivity contribution in [2.24, 2.45) is 0 Å². The molecule has 98 valence electrons. The maximum absolute atomic E-state index is 12.3. The minimum atomic E-state index is -0.993. The molecule has 1 fully saturated rings. The summed E-state index contributed by atoms with van der Waals surface area (Å²) in [5.41, 5.74) is -0.303. The fourth-order valence-corrected chi connectivity index (χ4v) is 2.98. The van der Waals surface area contributed by atoms with Gasteiger partial charge in [0, 0.05) is 12.6 Å². The number of rotatable bonds is 0. The van der Waals surface area contributed by atoms with E-state index in [1.54, 1.807) is 19.2 Å². The highest BCUT2D eigenvalue weighted by Gasteiger charge is 2.57. The van der Waals surface area contributed by atoms with Gasteiger partial charge in [-0.05, 0) is 12.1 Å². The van der Waals surface area contributed by atoms with Crippen molar-refractivity contribution in [2.45, 2.75) is 12.0 Å². The highest BCUT2D eigenvalue weighted by atomic mass is 16.7. The lowest BCUT2D eigenvalue weighted by Crippen LogP contribution is -2.46. The molecule has 0 N–H and O–H groups in total. The molecule has 0 aromatic heterocycles. The van der Waals surface area contributed by atoms with Gasteiger partial charge < -0.3 is 19.1 Å². The number of fused-ring (bicyclic) bond motifs is 4. The van der Waals surface area contributed by atoms with Crippen molar-refractivity contribution >= 4 is 11.7 Å². The lowest BCUT2D eigenvalue weighted by atomic mass is 9.88. The Balaban J connectivity index is 1.94. The molecule has 19 heavy (non-hydrogen) atoms. The molecule has 1 saturated heterocycles. The van der Waals surface area contributed by atoms with Crippen molar-refractivity contribution in [3.63, 3.8) is 0 Å². The molecule has 0 bridgehead atoms. The average molecular weight is 261 g/mol. The number of carbonyl (C=O) groups is 2. The SMILES string of the molecule is CN1C(=O)CC(=O)C12COc1c2ccc2c1OCO2. The van der Waals surface area contributed by atoms with Gasteiger partial charge in [-0.15, -0.1) is 0 Å². The van der Waals surface area contributed by atoms with Gasteiger partial charge >= 0.3 is 0 Å². The van der Waals surface area contributed by atoms with Crippen molar-refractivity contribution in [3.05, 3.63) is 17.7 Å². The van der Waals surface area contributed by atoms with E-state index in [0.29, 0.717) is 22.8 Å². The summed E-state index contributed by atoms with van der Waals surface area (Å²) >= 11 is 0. The Hall–Kier alpha value is -2.24. The van der Waals surface area contributed by atoms with Crippen LogP contribution in [0.1, 0.15) is 12.0 Å². The smallest absolute Gasteiger partial charge is 0.231 e. The van der Waals surface area contributed by atoms with Crippen molar-refractivity contribution in [2.75, 3.05) is 20.4 Å². The number of nitrogens with zero attached hydrogens (tertiary/aromatic N) is 1. The van der Waals surface area contributed by atoms with E-state index in [1.165, 1.54) is 4.90 Å². The highest BCUT2D eigenvalue weighted by molar-refractivity contribution is 6.11. The van der Waals surface area contributed by atoms with Crippen LogP contribution in [0.4, 0.5) is 0 Å². The number of benzene rings is 1. The van der Waals surface area contributed by atoms with E-state index >= 15 is 0 Å². The Bertz CT molecular complexity index is 626. The summed E-state index contributed by atoms with van der Waals surface area (Å²) < 4.78 is 16.3. The summed E-state index contributed by atoms with van der Waals surface area (Å²) in [5, 5.41) is 0. The van der Waals surface area contributed by atoms with Crippen LogP contribution in [-0.2, 0) is 15.1 Å². The molecular weight excluding hydrogens is 250 g/mol. The van der Waals surface area contributed by atoms with Gasteiger partial charge in [0.2, 0.25) is 18.4 Å². The lowest BCUT2D eigenvalue weighted by molar-refractivity contribution is -0.131. The van der Waals surface area contributed by atoms with Gasteiger partial charge in [0.05, 0.1) is 6.42 Å². The first-order chi connectivity index (χ1) is 9.14. The maximum atomic E-state index is 12.3. The molecule has 0 aliphatic carbocycles. The molecule has 0 saturated carbocycles. The standard InChI is InChI=1S/C13H11NO5/c1-14-10(16)4-9(15)13(14)5-17-11-7(13)2-3-8-12(11)19-6-18-8/h2-3H,4-6H2,1H3. The van der Waals surface area contributed by atoms with Crippen LogP contribution in [0.15, 0.2) is 12.1 Å². The Morgan fingerprint density at radius 2 is 2.00 bits per heavy atom. The fraction of sp³-hybridized carbons (Fsp3) is 0.385. The number of likely N-dealkylation sites (N-methyl/N-ethyl adjacent to an activating group) is 1. The molecule has 1 aromatic rings. The zero-order valence-corrected chi connectivity index (χ0v) is 10.3. The molecule has 1 spiro atoms. The molecule has 3 heterocycles. The first kappa shape index (κ1) is 10.7. The third kappa shape index (κ3) is 1.07.